The number of piperidine rings is 1. The van der Waals surface area contributed by atoms with Crippen LogP contribution in [0.2, 0.25) is 0 Å². The van der Waals surface area contributed by atoms with Gasteiger partial charge in [0.15, 0.2) is 0 Å². The molecule has 4 heteroatoms. The maximum atomic E-state index is 12.1. The molecule has 2 N–H and O–H groups in total. The van der Waals surface area contributed by atoms with Crippen LogP contribution < -0.4 is 10.6 Å². The highest BCUT2D eigenvalue weighted by atomic mass is 35.5. The Kier molecular flexibility index (Phi) is 6.33. The molecule has 138 valence electrons. The van der Waals surface area contributed by atoms with E-state index in [1.807, 2.05) is 0 Å². The first-order valence-corrected chi connectivity index (χ1v) is 9.50. The van der Waals surface area contributed by atoms with Gasteiger partial charge in [-0.1, -0.05) is 42.5 Å². The van der Waals surface area contributed by atoms with E-state index in [2.05, 4.69) is 53.1 Å². The fourth-order valence-corrected chi connectivity index (χ4v) is 4.05. The van der Waals surface area contributed by atoms with Crippen LogP contribution in [0.1, 0.15) is 42.4 Å². The standard InChI is InChI=1S/C22H26N2O.ClH/c25-22(24-19-7-4-12-23-15-19)9-3-5-16-10-11-18-14-17-6-1-2-8-20(17)21(18)13-16;/h1-2,6,8,10-11,13,19,23H,3-5,7,9,12,14-15H2,(H,24,25);1H. The third kappa shape index (κ3) is 4.28. The summed E-state index contributed by atoms with van der Waals surface area (Å²) in [7, 11) is 0. The van der Waals surface area contributed by atoms with Crippen molar-refractivity contribution in [3.8, 4) is 11.1 Å². The second-order valence-corrected chi connectivity index (χ2v) is 7.29. The molecule has 1 atom stereocenters. The van der Waals surface area contributed by atoms with Gasteiger partial charge in [-0.2, -0.15) is 0 Å². The fourth-order valence-electron chi connectivity index (χ4n) is 4.05. The van der Waals surface area contributed by atoms with E-state index in [0.29, 0.717) is 12.5 Å². The average Bonchev–Trinajstić information content (AvgIpc) is 3.01. The molecule has 1 aliphatic heterocycles. The molecule has 3 nitrogen and oxygen atoms in total. The lowest BCUT2D eigenvalue weighted by Gasteiger charge is -2.23. The highest BCUT2D eigenvalue weighted by Gasteiger charge is 2.18. The highest BCUT2D eigenvalue weighted by Crippen LogP contribution is 2.36. The molecule has 1 heterocycles. The highest BCUT2D eigenvalue weighted by molar-refractivity contribution is 5.85. The number of rotatable bonds is 5. The van der Waals surface area contributed by atoms with Crippen LogP contribution in [0, 0.1) is 0 Å². The quantitative estimate of drug-likeness (QED) is 0.715. The van der Waals surface area contributed by atoms with Crippen LogP contribution in [0.3, 0.4) is 0 Å². The van der Waals surface area contributed by atoms with Crippen molar-refractivity contribution in [2.24, 2.45) is 0 Å². The zero-order valence-electron chi connectivity index (χ0n) is 15.1. The lowest BCUT2D eigenvalue weighted by molar-refractivity contribution is -0.122. The zero-order chi connectivity index (χ0) is 17.1. The summed E-state index contributed by atoms with van der Waals surface area (Å²) in [6, 6.07) is 15.8. The van der Waals surface area contributed by atoms with Gasteiger partial charge in [0.05, 0.1) is 0 Å². The van der Waals surface area contributed by atoms with Gasteiger partial charge in [0.25, 0.3) is 0 Å². The molecule has 1 amide bonds. The number of carbonyl (C=O) groups excluding carboxylic acids is 1. The normalized spacial score (nSPS) is 17.8. The lowest BCUT2D eigenvalue weighted by Crippen LogP contribution is -2.45. The van der Waals surface area contributed by atoms with Gasteiger partial charge in [-0.15, -0.1) is 12.4 Å². The minimum absolute atomic E-state index is 0. The predicted octanol–water partition coefficient (Wildman–Crippen LogP) is 3.87. The Bertz CT molecular complexity index is 768. The number of carbonyl (C=O) groups is 1. The molecule has 26 heavy (non-hydrogen) atoms. The van der Waals surface area contributed by atoms with Gasteiger partial charge in [-0.05, 0) is 66.5 Å². The summed E-state index contributed by atoms with van der Waals surface area (Å²) in [4.78, 5) is 12.1. The molecular formula is C22H27ClN2O. The minimum Gasteiger partial charge on any atom is -0.352 e. The van der Waals surface area contributed by atoms with Gasteiger partial charge in [0.1, 0.15) is 0 Å². The van der Waals surface area contributed by atoms with E-state index < -0.39 is 0 Å². The predicted molar refractivity (Wildman–Crippen MR) is 109 cm³/mol. The molecule has 0 bridgehead atoms. The van der Waals surface area contributed by atoms with E-state index in [1.165, 1.54) is 27.8 Å². The van der Waals surface area contributed by atoms with Crippen molar-refractivity contribution < 1.29 is 4.79 Å². The summed E-state index contributed by atoms with van der Waals surface area (Å²) in [6.45, 7) is 1.99. The number of halogens is 1. The Balaban J connectivity index is 0.00000196. The van der Waals surface area contributed by atoms with Crippen LogP contribution in [0.4, 0.5) is 0 Å². The Hall–Kier alpha value is -1.84. The number of fused-ring (bicyclic) bond motifs is 3. The number of hydrogen-bond acceptors (Lipinski definition) is 2. The van der Waals surface area contributed by atoms with Crippen LogP contribution in [0.15, 0.2) is 42.5 Å². The Morgan fingerprint density at radius 3 is 2.81 bits per heavy atom. The summed E-state index contributed by atoms with van der Waals surface area (Å²) in [5, 5.41) is 6.50. The summed E-state index contributed by atoms with van der Waals surface area (Å²) in [5.41, 5.74) is 6.94. The van der Waals surface area contributed by atoms with Gasteiger partial charge < -0.3 is 10.6 Å². The summed E-state index contributed by atoms with van der Waals surface area (Å²) < 4.78 is 0. The summed E-state index contributed by atoms with van der Waals surface area (Å²) >= 11 is 0. The Morgan fingerprint density at radius 1 is 1.12 bits per heavy atom. The first-order valence-electron chi connectivity index (χ1n) is 9.50. The first-order chi connectivity index (χ1) is 12.3. The number of benzene rings is 2. The molecule has 1 fully saturated rings. The molecule has 2 aliphatic rings. The number of amides is 1. The summed E-state index contributed by atoms with van der Waals surface area (Å²) in [5.74, 6) is 0.195. The maximum Gasteiger partial charge on any atom is 0.220 e. The average molecular weight is 371 g/mol. The summed E-state index contributed by atoms with van der Waals surface area (Å²) in [6.07, 6.45) is 5.79. The lowest BCUT2D eigenvalue weighted by atomic mass is 10.00. The SMILES string of the molecule is Cl.O=C(CCCc1ccc2c(c1)-c1ccccc1C2)NC1CCCNC1. The first kappa shape index (κ1) is 18.9. The molecule has 1 aliphatic carbocycles. The minimum atomic E-state index is 0. The third-order valence-electron chi connectivity index (χ3n) is 5.39. The van der Waals surface area contributed by atoms with Gasteiger partial charge in [-0.25, -0.2) is 0 Å². The van der Waals surface area contributed by atoms with Crippen LogP contribution in [0.5, 0.6) is 0 Å². The zero-order valence-corrected chi connectivity index (χ0v) is 15.9. The van der Waals surface area contributed by atoms with E-state index in [-0.39, 0.29) is 18.3 Å². The van der Waals surface area contributed by atoms with E-state index >= 15 is 0 Å². The van der Waals surface area contributed by atoms with Crippen molar-refractivity contribution in [3.63, 3.8) is 0 Å². The van der Waals surface area contributed by atoms with Gasteiger partial charge >= 0.3 is 0 Å². The molecular weight excluding hydrogens is 344 g/mol. The van der Waals surface area contributed by atoms with Gasteiger partial charge in [0.2, 0.25) is 5.91 Å². The molecule has 4 rings (SSSR count). The maximum absolute atomic E-state index is 12.1. The van der Waals surface area contributed by atoms with E-state index in [9.17, 15) is 4.79 Å². The van der Waals surface area contributed by atoms with Gasteiger partial charge in [-0.3, -0.25) is 4.79 Å². The van der Waals surface area contributed by atoms with Crippen molar-refractivity contribution in [3.05, 3.63) is 59.2 Å². The second kappa shape index (κ2) is 8.70. The fraction of sp³-hybridized carbons (Fsp3) is 0.409. The monoisotopic (exact) mass is 370 g/mol. The smallest absolute Gasteiger partial charge is 0.220 e. The van der Waals surface area contributed by atoms with Crippen molar-refractivity contribution in [2.45, 2.75) is 44.6 Å². The number of hydrogen-bond donors (Lipinski definition) is 2. The molecule has 0 saturated carbocycles. The second-order valence-electron chi connectivity index (χ2n) is 7.29. The molecule has 0 spiro atoms. The van der Waals surface area contributed by atoms with Crippen molar-refractivity contribution in [1.29, 1.82) is 0 Å². The number of aryl methyl sites for hydroxylation is 1. The van der Waals surface area contributed by atoms with Gasteiger partial charge in [0, 0.05) is 19.0 Å². The Labute approximate surface area is 162 Å². The number of nitrogens with one attached hydrogen (secondary N) is 2. The van der Waals surface area contributed by atoms with Crippen molar-refractivity contribution in [2.75, 3.05) is 13.1 Å². The van der Waals surface area contributed by atoms with Crippen LogP contribution >= 0.6 is 12.4 Å². The molecule has 0 aromatic heterocycles. The largest absolute Gasteiger partial charge is 0.352 e. The van der Waals surface area contributed by atoms with Crippen LogP contribution in [-0.4, -0.2) is 25.0 Å². The molecule has 0 radical (unpaired) electrons. The van der Waals surface area contributed by atoms with E-state index in [1.54, 1.807) is 0 Å². The van der Waals surface area contributed by atoms with Crippen LogP contribution in [0.25, 0.3) is 11.1 Å². The topological polar surface area (TPSA) is 41.1 Å². The van der Waals surface area contributed by atoms with E-state index in [0.717, 1.165) is 45.2 Å². The molecule has 1 saturated heterocycles. The van der Waals surface area contributed by atoms with E-state index in [4.69, 9.17) is 0 Å². The van der Waals surface area contributed by atoms with Crippen LogP contribution in [-0.2, 0) is 17.6 Å². The molecule has 2 aromatic carbocycles. The van der Waals surface area contributed by atoms with Crippen molar-refractivity contribution >= 4 is 18.3 Å². The molecule has 2 aromatic rings. The van der Waals surface area contributed by atoms with Crippen molar-refractivity contribution in [1.82, 2.24) is 10.6 Å². The molecule has 1 unspecified atom stereocenters. The Morgan fingerprint density at radius 2 is 1.96 bits per heavy atom. The third-order valence-corrected chi connectivity index (χ3v) is 5.39.